The monoisotopic (exact) mass is 1280 g/mol. The smallest absolute Gasteiger partial charge is 0.335 e. The molecule has 15 atom stereocenters. The van der Waals surface area contributed by atoms with Gasteiger partial charge in [-0.05, 0) is 19.3 Å². The summed E-state index contributed by atoms with van der Waals surface area (Å²) in [5, 5.41) is 67.4. The number of aliphatic hydroxyl groups excluding tert-OH is 7. The first-order valence-corrected chi connectivity index (χ1v) is 27.6. The molecule has 90 heavy (non-hydrogen) atoms. The van der Waals surface area contributed by atoms with Crippen LogP contribution in [0.25, 0.3) is 33.5 Å². The van der Waals surface area contributed by atoms with Crippen LogP contribution in [0.2, 0.25) is 0 Å². The average Bonchev–Trinajstić information content (AvgIpc) is 1.64. The van der Waals surface area contributed by atoms with Gasteiger partial charge in [0.1, 0.15) is 90.4 Å². The molecule has 0 radical (unpaired) electrons. The normalized spacial score (nSPS) is 25.5. The molecule has 36 heteroatoms. The van der Waals surface area contributed by atoms with Crippen LogP contribution in [-0.4, -0.2) is 220 Å². The third kappa shape index (κ3) is 16.7. The molecule has 10 heterocycles. The molecule has 36 nitrogen and oxygen atoms in total. The molecular weight excluding hydrogens is 1190 g/mol. The first kappa shape index (κ1) is 67.6. The Hall–Kier alpha value is -8.35. The van der Waals surface area contributed by atoms with Crippen LogP contribution in [0.1, 0.15) is 110 Å². The summed E-state index contributed by atoms with van der Waals surface area (Å²) in [5.74, 6) is -2.18. The van der Waals surface area contributed by atoms with Crippen molar-refractivity contribution in [1.82, 2.24) is 63.6 Å². The molecule has 4 aliphatic rings. The van der Waals surface area contributed by atoms with Crippen molar-refractivity contribution >= 4 is 80.7 Å². The van der Waals surface area contributed by atoms with E-state index < -0.39 is 97.4 Å². The second-order valence-corrected chi connectivity index (χ2v) is 20.2. The van der Waals surface area contributed by atoms with Crippen molar-refractivity contribution in [1.29, 1.82) is 8.12 Å². The number of anilines is 3. The van der Waals surface area contributed by atoms with Gasteiger partial charge in [-0.1, -0.05) is 56.3 Å². The molecule has 4 aliphatic heterocycles. The summed E-state index contributed by atoms with van der Waals surface area (Å²) < 4.78 is 61.7. The second-order valence-electron chi connectivity index (χ2n) is 20.2. The number of carbonyl (C=O) groups is 5. The summed E-state index contributed by atoms with van der Waals surface area (Å²) in [6.07, 6.45) is -0.500. The van der Waals surface area contributed by atoms with E-state index in [4.69, 9.17) is 51.8 Å². The number of esters is 2. The molecule has 4 fully saturated rings. The van der Waals surface area contributed by atoms with E-state index in [1.807, 2.05) is 20.8 Å². The molecule has 10 rings (SSSR count). The molecule has 13 N–H and O–H groups in total. The highest BCUT2D eigenvalue weighted by Crippen LogP contribution is 2.36. The number of imide groups is 1. The summed E-state index contributed by atoms with van der Waals surface area (Å²) >= 11 is 0. The largest absolute Gasteiger partial charge is 0.456 e. The quantitative estimate of drug-likeness (QED) is 0.0376. The first-order chi connectivity index (χ1) is 45.0. The van der Waals surface area contributed by atoms with Crippen LogP contribution in [0.4, 0.5) is 17.5 Å². The number of aromatic nitrogens is 12. The maximum absolute atomic E-state index is 12.1. The molecule has 0 aliphatic carbocycles. The number of nitrogens with zero attached hydrogens (tertiary/aromatic N) is 14. The van der Waals surface area contributed by atoms with Gasteiger partial charge >= 0.3 is 17.9 Å². The van der Waals surface area contributed by atoms with Crippen molar-refractivity contribution in [3.63, 3.8) is 0 Å². The molecule has 6 aromatic rings. The van der Waals surface area contributed by atoms with E-state index in [0.717, 1.165) is 6.42 Å². The van der Waals surface area contributed by atoms with Crippen molar-refractivity contribution in [2.75, 3.05) is 50.7 Å². The Bertz CT molecular complexity index is 3410. The number of ether oxygens (including phenoxy) is 6. The van der Waals surface area contributed by atoms with Crippen LogP contribution in [-0.2, 0) is 57.2 Å². The molecule has 0 bridgehead atoms. The number of nitrogens with two attached hydrogens (primary N) is 3. The number of hydrogen-bond acceptors (Lipinski definition) is 32. The van der Waals surface area contributed by atoms with E-state index in [0.29, 0.717) is 51.4 Å². The van der Waals surface area contributed by atoms with Gasteiger partial charge in [0.05, 0.1) is 56.6 Å². The van der Waals surface area contributed by atoms with Crippen LogP contribution < -0.4 is 17.2 Å². The Balaban J connectivity index is 0.000000254. The lowest BCUT2D eigenvalue weighted by Gasteiger charge is -2.21. The Morgan fingerprint density at radius 1 is 0.633 bits per heavy atom. The van der Waals surface area contributed by atoms with Crippen LogP contribution in [0.15, 0.2) is 38.0 Å². The SMILES string of the molecule is CC[C@H](C)C(=O)OCC#N.CC[C@H](C)C(=O)ON1C(=O)CCC1=O.COC1[C@@H](CO)O[C@@H](n2cnc3c(N)ncnc32)[C@H]1O.[2H]OC[C@H]1O[C@@H](n2cnc3c(N)ncnc32)[C@@H](O)C1O.[2H]OC[C@H]1O[C@@H](n2cnc3c(N)ncnc32)[C@@H](O)C1OC(=O)C(C)CC.[3H]C.[3H]C. The fourth-order valence-electron chi connectivity index (χ4n) is 8.72. The maximum atomic E-state index is 12.1. The van der Waals surface area contributed by atoms with Crippen molar-refractivity contribution in [2.24, 2.45) is 17.8 Å². The molecule has 0 aromatic carbocycles. The van der Waals surface area contributed by atoms with E-state index in [2.05, 4.69) is 64.6 Å². The van der Waals surface area contributed by atoms with Gasteiger partial charge in [0.2, 0.25) is 2.86 Å². The minimum absolute atomic E-state index is 0.0895. The number of amides is 2. The van der Waals surface area contributed by atoms with Crippen LogP contribution in [0, 0.1) is 29.1 Å². The van der Waals surface area contributed by atoms with Crippen LogP contribution >= 0.6 is 0 Å². The molecule has 4 saturated heterocycles. The zero-order valence-corrected chi connectivity index (χ0v) is 50.9. The van der Waals surface area contributed by atoms with Crippen molar-refractivity contribution < 1.29 is 95.7 Å². The third-order valence-electron chi connectivity index (χ3n) is 14.5. The second kappa shape index (κ2) is 34.0. The van der Waals surface area contributed by atoms with E-state index in [1.54, 1.807) is 31.4 Å². The van der Waals surface area contributed by atoms with Crippen LogP contribution in [0.5, 0.6) is 0 Å². The van der Waals surface area contributed by atoms with Crippen molar-refractivity contribution in [2.45, 2.75) is 162 Å². The number of rotatable bonds is 18. The first-order valence-electron chi connectivity index (χ1n) is 30.5. The average molecular weight is 1280 g/mol. The molecule has 0 spiro atoms. The predicted octanol–water partition coefficient (Wildman–Crippen LogP) is -0.678. The number of imidazole rings is 3. The Labute approximate surface area is 521 Å². The van der Waals surface area contributed by atoms with Gasteiger partial charge < -0.3 is 86.2 Å². The number of hydroxylamine groups is 2. The van der Waals surface area contributed by atoms with Gasteiger partial charge in [0.25, 0.3) is 11.8 Å². The standard InChI is InChI=1S/C15H21N5O5.C11H15N5O4.C10H13N5O4.C9H13NO4.C7H11NO2.2CH4/c1-3-7(2)15(23)25-11-8(4-21)24-14(10(11)22)20-6-19-9-12(16)17-5-18-13(9)20;1-19-8-5(2-17)20-11(7(8)18)16-4-15-6-9(12)13-3-14-10(6)16;11-8-5-9(13-2-12-8)15(3-14-5)10-7(18)6(17)4(1-16)19-10;1-3-6(2)9(13)14-10-7(11)4-5-8(10)12;1-3-6(2)7(9)10-5-4-8;;/h5-8,10-11,14,21-22H,3-4H2,1-2H3,(H2,16,17,18);3-5,7-8,11,17-18H,2H2,1H3,(H2,12,13,14);2-4,6-7,10,16-18H,1H2,(H2,11,12,13);6H,3-5H2,1-2H3;6H,3,5H2,1-2H3;2*1H4/t7?,8-,10+,11?,14-;5-,7+,8?,11-;4-,6?,7+,10-;2*6-;;/m11100../s1/i21D;;16D;;;2*1T. The van der Waals surface area contributed by atoms with Gasteiger partial charge in [-0.15, -0.1) is 5.06 Å². The molecule has 4 unspecified atom stereocenters. The number of nitrogen functional groups attached to an aromatic ring is 3. The summed E-state index contributed by atoms with van der Waals surface area (Å²) in [6, 6.07) is 1.73. The molecule has 0 saturated carbocycles. The number of fused-ring (bicyclic) bond motifs is 3. The zero-order chi connectivity index (χ0) is 70.1. The summed E-state index contributed by atoms with van der Waals surface area (Å²) in [7, 11) is 3.95. The number of nitriles is 1. The lowest BCUT2D eigenvalue weighted by Crippen LogP contribution is -2.39. The molecular formula is C54H81N17O19. The topological polar surface area (TPSA) is 527 Å². The van der Waals surface area contributed by atoms with E-state index in [-0.39, 0.29) is 80.4 Å². The Morgan fingerprint density at radius 2 is 1.02 bits per heavy atom. The molecule has 2 amide bonds. The Morgan fingerprint density at radius 3 is 1.42 bits per heavy atom. The number of hydrogen-bond donors (Lipinski definition) is 10. The van der Waals surface area contributed by atoms with E-state index >= 15 is 0 Å². The Kier molecular flexibility index (Phi) is 25.5. The highest BCUT2D eigenvalue weighted by molar-refractivity contribution is 6.01. The summed E-state index contributed by atoms with van der Waals surface area (Å²) in [4.78, 5) is 97.1. The van der Waals surface area contributed by atoms with Crippen LogP contribution in [0.3, 0.4) is 0 Å². The fourth-order valence-corrected chi connectivity index (χ4v) is 8.72. The third-order valence-corrected chi connectivity index (χ3v) is 14.5. The highest BCUT2D eigenvalue weighted by atomic mass is 16.7. The van der Waals surface area contributed by atoms with Gasteiger partial charge in [-0.3, -0.25) is 32.9 Å². The number of aliphatic hydroxyl groups is 7. The van der Waals surface area contributed by atoms with Gasteiger partial charge in [-0.2, -0.15) is 5.26 Å². The lowest BCUT2D eigenvalue weighted by molar-refractivity contribution is -0.200. The number of carbonyl (C=O) groups excluding carboxylic acids is 5. The number of methoxy groups -OCH3 is 1. The highest BCUT2D eigenvalue weighted by Gasteiger charge is 2.49. The minimum atomic E-state index is -1.20. The van der Waals surface area contributed by atoms with E-state index in [9.17, 15) is 49.5 Å². The van der Waals surface area contributed by atoms with Gasteiger partial charge in [0, 0.05) is 22.7 Å². The summed E-state index contributed by atoms with van der Waals surface area (Å²) in [6.45, 7) is 10.1. The predicted molar refractivity (Wildman–Crippen MR) is 312 cm³/mol. The fraction of sp³-hybridized carbons (Fsp3) is 0.611. The lowest BCUT2D eigenvalue weighted by atomic mass is 10.1. The van der Waals surface area contributed by atoms with Gasteiger partial charge in [0.15, 0.2) is 65.8 Å². The summed E-state index contributed by atoms with van der Waals surface area (Å²) in [5.41, 5.74) is 19.6. The molecule has 6 aromatic heterocycles. The zero-order valence-electron chi connectivity index (χ0n) is 54.9. The van der Waals surface area contributed by atoms with E-state index in [1.165, 1.54) is 69.0 Å². The van der Waals surface area contributed by atoms with Crippen molar-refractivity contribution in [3.05, 3.63) is 38.0 Å². The van der Waals surface area contributed by atoms with Gasteiger partial charge in [-0.25, -0.2) is 49.7 Å². The minimum Gasteiger partial charge on any atom is -0.456 e. The molecule has 496 valence electrons. The maximum Gasteiger partial charge on any atom is 0.335 e. The van der Waals surface area contributed by atoms with Crippen molar-refractivity contribution in [3.8, 4) is 6.07 Å².